The van der Waals surface area contributed by atoms with Gasteiger partial charge in [-0.3, -0.25) is 4.40 Å². The van der Waals surface area contributed by atoms with Crippen molar-refractivity contribution in [2.24, 2.45) is 0 Å². The van der Waals surface area contributed by atoms with Crippen LogP contribution in [0.1, 0.15) is 11.4 Å². The molecule has 0 aromatic carbocycles. The first-order valence-corrected chi connectivity index (χ1v) is 7.02. The number of halogens is 1. The number of pyridine rings is 1. The van der Waals surface area contributed by atoms with Gasteiger partial charge in [0.05, 0.1) is 0 Å². The molecule has 3 heterocycles. The number of nitrogens with one attached hydrogen (secondary N) is 1. The minimum absolute atomic E-state index is 0.243. The molecular formula is C12H9ClN6S. The van der Waals surface area contributed by atoms with Crippen molar-refractivity contribution in [3.8, 4) is 6.07 Å². The minimum Gasteiger partial charge on any atom is -0.374 e. The van der Waals surface area contributed by atoms with Gasteiger partial charge in [-0.05, 0) is 23.7 Å². The average Bonchev–Trinajstić information content (AvgIpc) is 3.03. The second kappa shape index (κ2) is 5.45. The topological polar surface area (TPSA) is 78.9 Å². The Hall–Kier alpha value is -2.17. The fraction of sp³-hybridized carbons (Fsp3) is 0.167. The number of fused-ring (bicyclic) bond motifs is 1. The minimum atomic E-state index is 0.243. The molecule has 100 valence electrons. The third-order valence-corrected chi connectivity index (χ3v) is 3.96. The number of anilines is 1. The van der Waals surface area contributed by atoms with Crippen molar-refractivity contribution in [2.45, 2.75) is 6.42 Å². The lowest BCUT2D eigenvalue weighted by Crippen LogP contribution is -2.07. The molecule has 0 aliphatic rings. The van der Waals surface area contributed by atoms with Gasteiger partial charge in [0.25, 0.3) is 0 Å². The molecule has 1 N–H and O–H groups in total. The molecule has 6 nitrogen and oxygen atoms in total. The van der Waals surface area contributed by atoms with Crippen molar-refractivity contribution in [3.63, 3.8) is 0 Å². The van der Waals surface area contributed by atoms with Gasteiger partial charge in [-0.25, -0.2) is 0 Å². The number of nitrogens with zero attached hydrogens (tertiary/aromatic N) is 5. The molecule has 20 heavy (non-hydrogen) atoms. The maximum Gasteiger partial charge on any atom is 0.162 e. The number of hydrogen-bond acceptors (Lipinski definition) is 6. The summed E-state index contributed by atoms with van der Waals surface area (Å²) in [4.78, 5) is 0. The van der Waals surface area contributed by atoms with Crippen LogP contribution in [-0.4, -0.2) is 25.5 Å². The molecule has 0 saturated carbocycles. The molecule has 8 heteroatoms. The van der Waals surface area contributed by atoms with Gasteiger partial charge in [0.15, 0.2) is 10.8 Å². The summed E-state index contributed by atoms with van der Waals surface area (Å²) >= 11 is 7.00. The maximum absolute atomic E-state index is 8.98. The highest BCUT2D eigenvalue weighted by Crippen LogP contribution is 2.27. The molecule has 0 radical (unpaired) electrons. The predicted octanol–water partition coefficient (Wildman–Crippen LogP) is 2.37. The summed E-state index contributed by atoms with van der Waals surface area (Å²) in [6.45, 7) is 0.628. The van der Waals surface area contributed by atoms with Gasteiger partial charge in [0.2, 0.25) is 0 Å². The van der Waals surface area contributed by atoms with Crippen molar-refractivity contribution in [1.29, 1.82) is 5.26 Å². The van der Waals surface area contributed by atoms with E-state index < -0.39 is 0 Å². The first kappa shape index (κ1) is 12.8. The van der Waals surface area contributed by atoms with E-state index in [1.54, 1.807) is 0 Å². The van der Waals surface area contributed by atoms with E-state index in [1.165, 1.54) is 11.5 Å². The Labute approximate surface area is 123 Å². The van der Waals surface area contributed by atoms with Crippen LogP contribution in [0.2, 0.25) is 5.15 Å². The zero-order chi connectivity index (χ0) is 13.9. The van der Waals surface area contributed by atoms with Crippen LogP contribution in [0, 0.1) is 11.3 Å². The van der Waals surface area contributed by atoms with Gasteiger partial charge >= 0.3 is 0 Å². The smallest absolute Gasteiger partial charge is 0.162 e. The molecule has 0 amide bonds. The molecule has 0 aliphatic heterocycles. The van der Waals surface area contributed by atoms with E-state index in [-0.39, 0.29) is 5.15 Å². The van der Waals surface area contributed by atoms with Crippen molar-refractivity contribution in [2.75, 3.05) is 11.9 Å². The van der Waals surface area contributed by atoms with Gasteiger partial charge in [0.1, 0.15) is 22.5 Å². The highest BCUT2D eigenvalue weighted by molar-refractivity contribution is 7.10. The van der Waals surface area contributed by atoms with Crippen molar-refractivity contribution < 1.29 is 0 Å². The van der Waals surface area contributed by atoms with E-state index in [1.807, 2.05) is 34.9 Å². The first-order chi connectivity index (χ1) is 9.79. The second-order valence-electron chi connectivity index (χ2n) is 4.01. The number of nitriles is 1. The number of aromatic nitrogens is 4. The third-order valence-electron chi connectivity index (χ3n) is 2.78. The van der Waals surface area contributed by atoms with Crippen LogP contribution in [0.5, 0.6) is 0 Å². The first-order valence-electron chi connectivity index (χ1n) is 5.87. The maximum atomic E-state index is 8.98. The molecule has 3 aromatic heterocycles. The highest BCUT2D eigenvalue weighted by Gasteiger charge is 2.11. The average molecular weight is 305 g/mol. The van der Waals surface area contributed by atoms with Crippen molar-refractivity contribution >= 4 is 33.8 Å². The number of rotatable bonds is 4. The number of hydrogen-bond donors (Lipinski definition) is 1. The zero-order valence-corrected chi connectivity index (χ0v) is 11.8. The molecular weight excluding hydrogens is 296 g/mol. The lowest BCUT2D eigenvalue weighted by molar-refractivity contribution is 0.872. The monoisotopic (exact) mass is 304 g/mol. The van der Waals surface area contributed by atoms with Gasteiger partial charge in [-0.2, -0.15) is 9.64 Å². The second-order valence-corrected chi connectivity index (χ2v) is 5.14. The van der Waals surface area contributed by atoms with Gasteiger partial charge in [0, 0.05) is 19.2 Å². The summed E-state index contributed by atoms with van der Waals surface area (Å²) in [5.41, 5.74) is 1.21. The Morgan fingerprint density at radius 1 is 1.40 bits per heavy atom. The van der Waals surface area contributed by atoms with Crippen LogP contribution in [-0.2, 0) is 6.42 Å². The van der Waals surface area contributed by atoms with E-state index in [4.69, 9.17) is 16.9 Å². The summed E-state index contributed by atoms with van der Waals surface area (Å²) in [7, 11) is 0. The van der Waals surface area contributed by atoms with Gasteiger partial charge < -0.3 is 5.32 Å². The van der Waals surface area contributed by atoms with E-state index in [0.717, 1.165) is 11.5 Å². The predicted molar refractivity (Wildman–Crippen MR) is 77.0 cm³/mol. The zero-order valence-electron chi connectivity index (χ0n) is 10.2. The van der Waals surface area contributed by atoms with E-state index in [2.05, 4.69) is 19.9 Å². The molecule has 0 aliphatic carbocycles. The highest BCUT2D eigenvalue weighted by atomic mass is 35.5. The van der Waals surface area contributed by atoms with E-state index >= 15 is 0 Å². The molecule has 0 unspecified atom stereocenters. The van der Waals surface area contributed by atoms with Crippen LogP contribution < -0.4 is 5.32 Å². The summed E-state index contributed by atoms with van der Waals surface area (Å²) in [6.07, 6.45) is 2.61. The fourth-order valence-electron chi connectivity index (χ4n) is 1.84. The fourth-order valence-corrected chi connectivity index (χ4v) is 2.80. The van der Waals surface area contributed by atoms with Crippen LogP contribution in [0.15, 0.2) is 24.4 Å². The normalized spacial score (nSPS) is 10.6. The Bertz CT molecular complexity index is 787. The van der Waals surface area contributed by atoms with Gasteiger partial charge in [-0.15, -0.1) is 10.2 Å². The Morgan fingerprint density at radius 2 is 2.30 bits per heavy atom. The standard InChI is InChI=1S/C12H9ClN6S/c13-11-8(7-14)12(20-18-11)15-5-4-10-17-16-9-3-1-2-6-19(9)10/h1-3,6,15H,4-5H2. The summed E-state index contributed by atoms with van der Waals surface area (Å²) < 4.78 is 5.88. The van der Waals surface area contributed by atoms with Crippen molar-refractivity contribution in [1.82, 2.24) is 19.0 Å². The summed E-state index contributed by atoms with van der Waals surface area (Å²) in [5.74, 6) is 0.863. The van der Waals surface area contributed by atoms with Crippen LogP contribution in [0.4, 0.5) is 5.00 Å². The Morgan fingerprint density at radius 3 is 3.15 bits per heavy atom. The third kappa shape index (κ3) is 2.31. The largest absolute Gasteiger partial charge is 0.374 e. The molecule has 0 bridgehead atoms. The van der Waals surface area contributed by atoms with Crippen LogP contribution in [0.25, 0.3) is 5.65 Å². The summed E-state index contributed by atoms with van der Waals surface area (Å²) in [5, 5.41) is 21.3. The Kier molecular flexibility index (Phi) is 3.50. The molecule has 3 aromatic rings. The molecule has 0 spiro atoms. The molecule has 0 atom stereocenters. The Balaban J connectivity index is 1.70. The molecule has 3 rings (SSSR count). The quantitative estimate of drug-likeness (QED) is 0.800. The molecule has 0 fully saturated rings. The van der Waals surface area contributed by atoms with E-state index in [9.17, 15) is 0 Å². The van der Waals surface area contributed by atoms with E-state index in [0.29, 0.717) is 23.5 Å². The van der Waals surface area contributed by atoms with Gasteiger partial charge in [-0.1, -0.05) is 17.7 Å². The lowest BCUT2D eigenvalue weighted by Gasteiger charge is -2.02. The SMILES string of the molecule is N#Cc1c(Cl)nsc1NCCc1nnc2ccccn12. The van der Waals surface area contributed by atoms with Crippen molar-refractivity contribution in [3.05, 3.63) is 40.9 Å². The van der Waals surface area contributed by atoms with Crippen LogP contribution in [0.3, 0.4) is 0 Å². The lowest BCUT2D eigenvalue weighted by atomic mass is 10.3. The van der Waals surface area contributed by atoms with Crippen LogP contribution >= 0.6 is 23.1 Å². The molecule has 0 saturated heterocycles. The summed E-state index contributed by atoms with van der Waals surface area (Å²) in [6, 6.07) is 7.80.